The van der Waals surface area contributed by atoms with E-state index < -0.39 is 6.36 Å². The molecule has 1 aromatic carbocycles. The van der Waals surface area contributed by atoms with Crippen LogP contribution in [-0.4, -0.2) is 36.8 Å². The van der Waals surface area contributed by atoms with Crippen LogP contribution < -0.4 is 10.1 Å². The number of hydrogen-bond donors (Lipinski definition) is 1. The molecule has 7 heteroatoms. The Morgan fingerprint density at radius 1 is 1.22 bits per heavy atom. The Labute approximate surface area is 133 Å². The molecule has 0 saturated carbocycles. The van der Waals surface area contributed by atoms with Crippen LogP contribution in [0.15, 0.2) is 24.3 Å². The lowest BCUT2D eigenvalue weighted by molar-refractivity contribution is -0.274. The summed E-state index contributed by atoms with van der Waals surface area (Å²) in [4.78, 5) is 14.2. The third kappa shape index (κ3) is 6.09. The molecule has 1 N–H and O–H groups in total. The Morgan fingerprint density at radius 2 is 1.78 bits per heavy atom. The van der Waals surface area contributed by atoms with Crippen molar-refractivity contribution in [2.75, 3.05) is 25.0 Å². The van der Waals surface area contributed by atoms with Gasteiger partial charge >= 0.3 is 6.36 Å². The maximum Gasteiger partial charge on any atom is 0.573 e. The molecule has 0 aromatic heterocycles. The van der Waals surface area contributed by atoms with E-state index in [0.717, 1.165) is 13.1 Å². The van der Waals surface area contributed by atoms with E-state index in [0.29, 0.717) is 17.5 Å². The van der Waals surface area contributed by atoms with Crippen LogP contribution in [0.5, 0.6) is 5.75 Å². The van der Waals surface area contributed by atoms with Crippen molar-refractivity contribution in [3.05, 3.63) is 24.3 Å². The molecule has 1 heterocycles. The average molecular weight is 330 g/mol. The molecule has 0 unspecified atom stereocenters. The molecular weight excluding hydrogens is 309 g/mol. The molecule has 1 aromatic rings. The highest BCUT2D eigenvalue weighted by atomic mass is 19.4. The number of hydrogen-bond acceptors (Lipinski definition) is 3. The first-order chi connectivity index (χ1) is 10.7. The van der Waals surface area contributed by atoms with Crippen LogP contribution in [-0.2, 0) is 4.79 Å². The predicted molar refractivity (Wildman–Crippen MR) is 81.1 cm³/mol. The molecule has 1 amide bonds. The van der Waals surface area contributed by atoms with Gasteiger partial charge in [-0.1, -0.05) is 13.8 Å². The largest absolute Gasteiger partial charge is 0.573 e. The van der Waals surface area contributed by atoms with Crippen LogP contribution in [0.1, 0.15) is 20.3 Å². The predicted octanol–water partition coefficient (Wildman–Crippen LogP) is 3.50. The standard InChI is InChI=1S/C16H21F3N2O2/c1-11-7-12(2)9-21(8-11)10-15(22)20-13-3-5-14(6-4-13)23-16(17,18)19/h3-6,11-12H,7-10H2,1-2H3,(H,20,22)/t11-,12-/m1/s1. The number of anilines is 1. The van der Waals surface area contributed by atoms with Crippen molar-refractivity contribution in [3.8, 4) is 5.75 Å². The van der Waals surface area contributed by atoms with Gasteiger partial charge in [0.05, 0.1) is 6.54 Å². The van der Waals surface area contributed by atoms with Gasteiger partial charge in [-0.2, -0.15) is 0 Å². The highest BCUT2D eigenvalue weighted by Gasteiger charge is 2.31. The van der Waals surface area contributed by atoms with Gasteiger partial charge in [-0.05, 0) is 42.5 Å². The molecule has 2 atom stereocenters. The second-order valence-electron chi connectivity index (χ2n) is 6.26. The lowest BCUT2D eigenvalue weighted by Gasteiger charge is -2.34. The zero-order valence-corrected chi connectivity index (χ0v) is 13.2. The first kappa shape index (κ1) is 17.6. The zero-order chi connectivity index (χ0) is 17.0. The quantitative estimate of drug-likeness (QED) is 0.919. The van der Waals surface area contributed by atoms with E-state index in [1.165, 1.54) is 30.7 Å². The summed E-state index contributed by atoms with van der Waals surface area (Å²) >= 11 is 0. The summed E-state index contributed by atoms with van der Waals surface area (Å²) in [5, 5.41) is 2.69. The smallest absolute Gasteiger partial charge is 0.406 e. The van der Waals surface area contributed by atoms with Gasteiger partial charge < -0.3 is 10.1 Å². The van der Waals surface area contributed by atoms with Crippen LogP contribution in [0.2, 0.25) is 0 Å². The minimum absolute atomic E-state index is 0.171. The first-order valence-electron chi connectivity index (χ1n) is 7.59. The summed E-state index contributed by atoms with van der Waals surface area (Å²) in [7, 11) is 0. The number of amides is 1. The fraction of sp³-hybridized carbons (Fsp3) is 0.562. The topological polar surface area (TPSA) is 41.6 Å². The Hall–Kier alpha value is -1.76. The van der Waals surface area contributed by atoms with Crippen LogP contribution in [0.4, 0.5) is 18.9 Å². The number of rotatable bonds is 4. The van der Waals surface area contributed by atoms with E-state index in [2.05, 4.69) is 28.8 Å². The number of ether oxygens (including phenoxy) is 1. The summed E-state index contributed by atoms with van der Waals surface area (Å²) < 4.78 is 40.0. The fourth-order valence-corrected chi connectivity index (χ4v) is 3.06. The van der Waals surface area contributed by atoms with Gasteiger partial charge in [0.2, 0.25) is 5.91 Å². The van der Waals surface area contributed by atoms with Gasteiger partial charge in [-0.15, -0.1) is 13.2 Å². The number of halogens is 3. The van der Waals surface area contributed by atoms with Crippen LogP contribution in [0, 0.1) is 11.8 Å². The van der Waals surface area contributed by atoms with Gasteiger partial charge in [0, 0.05) is 18.8 Å². The van der Waals surface area contributed by atoms with Gasteiger partial charge in [-0.25, -0.2) is 0 Å². The maximum absolute atomic E-state index is 12.1. The van der Waals surface area contributed by atoms with Crippen LogP contribution >= 0.6 is 0 Å². The fourth-order valence-electron chi connectivity index (χ4n) is 3.06. The van der Waals surface area contributed by atoms with Crippen molar-refractivity contribution < 1.29 is 22.7 Å². The van der Waals surface area contributed by atoms with Crippen LogP contribution in [0.25, 0.3) is 0 Å². The van der Waals surface area contributed by atoms with E-state index in [1.54, 1.807) is 0 Å². The highest BCUT2D eigenvalue weighted by Crippen LogP contribution is 2.24. The van der Waals surface area contributed by atoms with Crippen molar-refractivity contribution in [3.63, 3.8) is 0 Å². The van der Waals surface area contributed by atoms with E-state index in [-0.39, 0.29) is 18.2 Å². The maximum atomic E-state index is 12.1. The van der Waals surface area contributed by atoms with Gasteiger partial charge in [-0.3, -0.25) is 9.69 Å². The molecule has 0 spiro atoms. The Kier molecular flexibility index (Phi) is 5.51. The molecule has 1 saturated heterocycles. The highest BCUT2D eigenvalue weighted by molar-refractivity contribution is 5.92. The van der Waals surface area contributed by atoms with E-state index in [4.69, 9.17) is 0 Å². The number of piperidine rings is 1. The zero-order valence-electron chi connectivity index (χ0n) is 13.2. The molecule has 2 rings (SSSR count). The average Bonchev–Trinajstić information content (AvgIpc) is 2.38. The van der Waals surface area contributed by atoms with Crippen molar-refractivity contribution in [2.24, 2.45) is 11.8 Å². The second kappa shape index (κ2) is 7.21. The van der Waals surface area contributed by atoms with Crippen LogP contribution in [0.3, 0.4) is 0 Å². The minimum atomic E-state index is -4.72. The number of nitrogens with one attached hydrogen (secondary N) is 1. The van der Waals surface area contributed by atoms with Crippen molar-refractivity contribution in [1.82, 2.24) is 4.90 Å². The third-order valence-electron chi connectivity index (χ3n) is 3.68. The molecule has 0 aliphatic carbocycles. The molecule has 4 nitrogen and oxygen atoms in total. The van der Waals surface area contributed by atoms with E-state index in [9.17, 15) is 18.0 Å². The van der Waals surface area contributed by atoms with Crippen molar-refractivity contribution in [2.45, 2.75) is 26.6 Å². The second-order valence-corrected chi connectivity index (χ2v) is 6.26. The summed E-state index contributed by atoms with van der Waals surface area (Å²) in [6.07, 6.45) is -3.55. The van der Waals surface area contributed by atoms with E-state index in [1.807, 2.05) is 0 Å². The summed E-state index contributed by atoms with van der Waals surface area (Å²) in [5.74, 6) is 0.640. The number of carbonyl (C=O) groups excluding carboxylic acids is 1. The summed E-state index contributed by atoms with van der Waals surface area (Å²) in [6, 6.07) is 5.13. The lowest BCUT2D eigenvalue weighted by Crippen LogP contribution is -2.42. The van der Waals surface area contributed by atoms with E-state index >= 15 is 0 Å². The number of benzene rings is 1. The minimum Gasteiger partial charge on any atom is -0.406 e. The third-order valence-corrected chi connectivity index (χ3v) is 3.68. The molecule has 1 aliphatic heterocycles. The molecule has 1 fully saturated rings. The van der Waals surface area contributed by atoms with Gasteiger partial charge in [0.15, 0.2) is 0 Å². The van der Waals surface area contributed by atoms with Gasteiger partial charge in [0.25, 0.3) is 0 Å². The molecule has 0 bridgehead atoms. The SMILES string of the molecule is C[C@@H]1C[C@@H](C)CN(CC(=O)Nc2ccc(OC(F)(F)F)cc2)C1. The number of carbonyl (C=O) groups is 1. The first-order valence-corrected chi connectivity index (χ1v) is 7.59. The molecule has 23 heavy (non-hydrogen) atoms. The normalized spacial score (nSPS) is 22.7. The lowest BCUT2D eigenvalue weighted by atomic mass is 9.92. The number of alkyl halides is 3. The molecular formula is C16H21F3N2O2. The molecule has 128 valence electrons. The molecule has 1 aliphatic rings. The van der Waals surface area contributed by atoms with Crippen molar-refractivity contribution >= 4 is 11.6 Å². The summed E-state index contributed by atoms with van der Waals surface area (Å²) in [6.45, 7) is 6.39. The molecule has 0 radical (unpaired) electrons. The number of likely N-dealkylation sites (tertiary alicyclic amines) is 1. The van der Waals surface area contributed by atoms with Gasteiger partial charge in [0.1, 0.15) is 5.75 Å². The monoisotopic (exact) mass is 330 g/mol. The van der Waals surface area contributed by atoms with Crippen molar-refractivity contribution in [1.29, 1.82) is 0 Å². The Balaban J connectivity index is 1.85. The Bertz CT molecular complexity index is 521. The Morgan fingerprint density at radius 3 is 2.30 bits per heavy atom. The summed E-state index contributed by atoms with van der Waals surface area (Å²) in [5.41, 5.74) is 0.447. The number of nitrogens with zero attached hydrogens (tertiary/aromatic N) is 1.